The van der Waals surface area contributed by atoms with Gasteiger partial charge >= 0.3 is 5.97 Å². The monoisotopic (exact) mass is 279 g/mol. The summed E-state index contributed by atoms with van der Waals surface area (Å²) in [4.78, 5) is 22.1. The molecule has 5 nitrogen and oxygen atoms in total. The van der Waals surface area contributed by atoms with Crippen molar-refractivity contribution < 1.29 is 19.2 Å². The molecule has 0 radical (unpaired) electrons. The number of carbonyl (C=O) groups excluding carboxylic acids is 1. The Morgan fingerprint density at radius 2 is 1.95 bits per heavy atom. The lowest BCUT2D eigenvalue weighted by Gasteiger charge is -2.05. The zero-order chi connectivity index (χ0) is 13.8. The average molecular weight is 279 g/mol. The number of carboxylic acids is 1. The molecule has 1 aromatic carbocycles. The molecule has 0 aliphatic heterocycles. The van der Waals surface area contributed by atoms with Crippen LogP contribution >= 0.6 is 12.0 Å². The molecule has 2 aromatic rings. The molecule has 2 rings (SSSR count). The van der Waals surface area contributed by atoms with Gasteiger partial charge in [-0.05, 0) is 0 Å². The maximum absolute atomic E-state index is 11.7. The minimum Gasteiger partial charge on any atom is -0.481 e. The van der Waals surface area contributed by atoms with Gasteiger partial charge in [0.2, 0.25) is 0 Å². The Kier molecular flexibility index (Phi) is 4.24. The van der Waals surface area contributed by atoms with E-state index in [4.69, 9.17) is 5.11 Å². The molecule has 0 aliphatic carbocycles. The Labute approximate surface area is 114 Å². The second-order valence-corrected chi connectivity index (χ2v) is 4.74. The summed E-state index contributed by atoms with van der Waals surface area (Å²) in [6.45, 7) is 0.0743. The van der Waals surface area contributed by atoms with E-state index < -0.39 is 5.97 Å². The van der Waals surface area contributed by atoms with Crippen LogP contribution in [-0.4, -0.2) is 26.0 Å². The van der Waals surface area contributed by atoms with Crippen molar-refractivity contribution in [3.05, 3.63) is 30.5 Å². The fourth-order valence-corrected chi connectivity index (χ4v) is 2.43. The van der Waals surface area contributed by atoms with E-state index in [-0.39, 0.29) is 25.2 Å². The molecule has 0 atom stereocenters. The molecule has 0 fully saturated rings. The first-order valence-corrected chi connectivity index (χ1v) is 6.52. The Balaban J connectivity index is 2.20. The molecule has 1 heterocycles. The summed E-state index contributed by atoms with van der Waals surface area (Å²) in [6, 6.07) is 7.50. The third kappa shape index (κ3) is 3.15. The molecule has 6 heteroatoms. The smallest absolute Gasteiger partial charge is 0.303 e. The third-order valence-corrected chi connectivity index (χ3v) is 3.43. The highest BCUT2D eigenvalue weighted by atomic mass is 32.2. The number of aromatic nitrogens is 1. The number of fused-ring (bicyclic) bond motifs is 1. The van der Waals surface area contributed by atoms with E-state index in [0.29, 0.717) is 17.1 Å². The number of benzene rings is 1. The van der Waals surface area contributed by atoms with Crippen LogP contribution in [0.4, 0.5) is 0 Å². The highest BCUT2D eigenvalue weighted by molar-refractivity contribution is 7.93. The molecule has 0 unspecified atom stereocenters. The second-order valence-electron chi connectivity index (χ2n) is 4.17. The summed E-state index contributed by atoms with van der Waals surface area (Å²) in [6.07, 6.45) is 1.62. The van der Waals surface area contributed by atoms with Crippen molar-refractivity contribution in [2.24, 2.45) is 0 Å². The molecule has 0 aliphatic rings. The van der Waals surface area contributed by atoms with Crippen molar-refractivity contribution in [1.29, 1.82) is 0 Å². The quantitative estimate of drug-likeness (QED) is 0.795. The van der Waals surface area contributed by atoms with Crippen LogP contribution in [0.15, 0.2) is 35.5 Å². The van der Waals surface area contributed by atoms with Crippen molar-refractivity contribution >= 4 is 34.6 Å². The molecule has 0 spiro atoms. The van der Waals surface area contributed by atoms with Crippen LogP contribution in [0.2, 0.25) is 0 Å². The molecule has 0 saturated heterocycles. The fraction of sp³-hybridized carbons (Fsp3) is 0.231. The SMILES string of the molecule is O=C(O)CCC(=O)Cn1cc2ccccc2c1SO. The van der Waals surface area contributed by atoms with E-state index in [2.05, 4.69) is 0 Å². The van der Waals surface area contributed by atoms with Crippen LogP contribution in [0.3, 0.4) is 0 Å². The summed E-state index contributed by atoms with van der Waals surface area (Å²) >= 11 is 0.592. The number of hydrogen-bond acceptors (Lipinski definition) is 4. The zero-order valence-electron chi connectivity index (χ0n) is 10.1. The van der Waals surface area contributed by atoms with Gasteiger partial charge in [-0.2, -0.15) is 0 Å². The van der Waals surface area contributed by atoms with Crippen LogP contribution in [0.5, 0.6) is 0 Å². The van der Waals surface area contributed by atoms with Gasteiger partial charge in [-0.3, -0.25) is 9.59 Å². The number of rotatable bonds is 6. The molecule has 0 bridgehead atoms. The van der Waals surface area contributed by atoms with Gasteiger partial charge in [-0.15, -0.1) is 0 Å². The lowest BCUT2D eigenvalue weighted by atomic mass is 10.2. The second kappa shape index (κ2) is 5.90. The first-order chi connectivity index (χ1) is 9.11. The summed E-state index contributed by atoms with van der Waals surface area (Å²) < 4.78 is 11.0. The van der Waals surface area contributed by atoms with Crippen molar-refractivity contribution in [2.45, 2.75) is 24.4 Å². The summed E-state index contributed by atoms with van der Waals surface area (Å²) in [5, 5.41) is 10.9. The standard InChI is InChI=1S/C13H13NO4S/c15-10(5-6-12(16)17)8-14-7-9-3-1-2-4-11(9)13(14)19-18/h1-4,7,18H,5-6,8H2,(H,16,17). The number of aliphatic carboxylic acids is 1. The maximum Gasteiger partial charge on any atom is 0.303 e. The van der Waals surface area contributed by atoms with E-state index >= 15 is 0 Å². The Bertz CT molecular complexity index is 620. The topological polar surface area (TPSA) is 79.5 Å². The molecular weight excluding hydrogens is 266 g/mol. The van der Waals surface area contributed by atoms with Crippen molar-refractivity contribution in [3.63, 3.8) is 0 Å². The number of nitrogens with zero attached hydrogens (tertiary/aromatic N) is 1. The van der Waals surface area contributed by atoms with Gasteiger partial charge in [0.05, 0.1) is 13.0 Å². The summed E-state index contributed by atoms with van der Waals surface area (Å²) in [7, 11) is 0. The summed E-state index contributed by atoms with van der Waals surface area (Å²) in [5.41, 5.74) is 0. The first kappa shape index (κ1) is 13.6. The van der Waals surface area contributed by atoms with Crippen molar-refractivity contribution in [1.82, 2.24) is 4.57 Å². The molecular formula is C13H13NO4S. The van der Waals surface area contributed by atoms with Crippen LogP contribution in [-0.2, 0) is 16.1 Å². The predicted octanol–water partition coefficient (Wildman–Crippen LogP) is 2.64. The number of ketones is 1. The molecule has 1 aromatic heterocycles. The molecule has 0 saturated carbocycles. The van der Waals surface area contributed by atoms with E-state index in [9.17, 15) is 14.1 Å². The average Bonchev–Trinajstić information content (AvgIpc) is 2.73. The molecule has 0 amide bonds. The van der Waals surface area contributed by atoms with Gasteiger partial charge in [-0.25, -0.2) is 0 Å². The third-order valence-electron chi connectivity index (χ3n) is 2.80. The van der Waals surface area contributed by atoms with Gasteiger partial charge in [0.25, 0.3) is 0 Å². The summed E-state index contributed by atoms with van der Waals surface area (Å²) in [5.74, 6) is -1.15. The normalized spacial score (nSPS) is 10.8. The van der Waals surface area contributed by atoms with Crippen LogP contribution in [0.25, 0.3) is 10.8 Å². The van der Waals surface area contributed by atoms with Gasteiger partial charge in [0.1, 0.15) is 5.03 Å². The van der Waals surface area contributed by atoms with E-state index in [1.165, 1.54) is 0 Å². The zero-order valence-corrected chi connectivity index (χ0v) is 10.9. The van der Waals surface area contributed by atoms with E-state index in [1.54, 1.807) is 10.8 Å². The Morgan fingerprint density at radius 3 is 2.63 bits per heavy atom. The molecule has 100 valence electrons. The number of Topliss-reactive ketones (excluding diaryl/α,β-unsaturated/α-hetero) is 1. The van der Waals surface area contributed by atoms with E-state index in [1.807, 2.05) is 24.3 Å². The van der Waals surface area contributed by atoms with Gasteiger partial charge < -0.3 is 14.2 Å². The Hall–Kier alpha value is -1.79. The predicted molar refractivity (Wildman–Crippen MR) is 72.3 cm³/mol. The Morgan fingerprint density at radius 1 is 1.21 bits per heavy atom. The highest BCUT2D eigenvalue weighted by Gasteiger charge is 2.12. The fourth-order valence-electron chi connectivity index (χ4n) is 1.92. The van der Waals surface area contributed by atoms with E-state index in [0.717, 1.165) is 10.8 Å². The number of carboxylic acid groups (broad SMARTS) is 1. The minimum absolute atomic E-state index is 0.000601. The first-order valence-electron chi connectivity index (χ1n) is 5.74. The van der Waals surface area contributed by atoms with Crippen LogP contribution in [0, 0.1) is 0 Å². The number of hydrogen-bond donors (Lipinski definition) is 2. The maximum atomic E-state index is 11.7. The molecule has 19 heavy (non-hydrogen) atoms. The molecule has 2 N–H and O–H groups in total. The highest BCUT2D eigenvalue weighted by Crippen LogP contribution is 2.28. The number of carbonyl (C=O) groups is 2. The van der Waals surface area contributed by atoms with Gasteiger partial charge in [-0.1, -0.05) is 24.3 Å². The minimum atomic E-state index is -0.984. The lowest BCUT2D eigenvalue weighted by Crippen LogP contribution is -2.11. The van der Waals surface area contributed by atoms with Crippen molar-refractivity contribution in [2.75, 3.05) is 0 Å². The largest absolute Gasteiger partial charge is 0.481 e. The van der Waals surface area contributed by atoms with Gasteiger partial charge in [0, 0.05) is 35.4 Å². The van der Waals surface area contributed by atoms with Crippen LogP contribution in [0.1, 0.15) is 12.8 Å². The van der Waals surface area contributed by atoms with Gasteiger partial charge in [0.15, 0.2) is 5.78 Å². The van der Waals surface area contributed by atoms with Crippen molar-refractivity contribution in [3.8, 4) is 0 Å². The lowest BCUT2D eigenvalue weighted by molar-refractivity contribution is -0.138. The van der Waals surface area contributed by atoms with Crippen LogP contribution < -0.4 is 0 Å².